The maximum Gasteiger partial charge on any atom is 0.321 e. The molecule has 0 atom stereocenters. The van der Waals surface area contributed by atoms with Crippen LogP contribution in [-0.2, 0) is 6.54 Å². The number of methoxy groups -OCH3 is 1. The molecule has 2 amide bonds. The molecule has 7 heteroatoms. The van der Waals surface area contributed by atoms with Crippen molar-refractivity contribution in [3.8, 4) is 16.3 Å². The van der Waals surface area contributed by atoms with E-state index in [4.69, 9.17) is 9.72 Å². The van der Waals surface area contributed by atoms with Crippen LogP contribution in [-0.4, -0.2) is 54.1 Å². The summed E-state index contributed by atoms with van der Waals surface area (Å²) in [5.74, 6) is 0.847. The number of nitrogens with one attached hydrogen (secondary N) is 1. The standard InChI is InChI=1S/C23H26N4O2S/c1-17-4-3-5-19(14-17)25-23(28)27-12-10-26(11-13-27)15-20-16-30-22(24-20)18-6-8-21(29-2)9-7-18/h3-9,14,16H,10-13,15H2,1-2H3,(H,25,28). The fourth-order valence-electron chi connectivity index (χ4n) is 3.51. The molecule has 6 nitrogen and oxygen atoms in total. The van der Waals surface area contributed by atoms with Crippen LogP contribution >= 0.6 is 11.3 Å². The van der Waals surface area contributed by atoms with E-state index in [1.54, 1.807) is 18.4 Å². The van der Waals surface area contributed by atoms with Gasteiger partial charge in [-0.15, -0.1) is 11.3 Å². The van der Waals surface area contributed by atoms with Gasteiger partial charge in [0.05, 0.1) is 12.8 Å². The molecule has 0 unspecified atom stereocenters. The summed E-state index contributed by atoms with van der Waals surface area (Å²) in [6.07, 6.45) is 0. The second-order valence-corrected chi connectivity index (χ2v) is 8.29. The van der Waals surface area contributed by atoms with E-state index in [2.05, 4.69) is 15.6 Å². The van der Waals surface area contributed by atoms with Crippen LogP contribution in [0, 0.1) is 6.92 Å². The third-order valence-electron chi connectivity index (χ3n) is 5.20. The summed E-state index contributed by atoms with van der Waals surface area (Å²) in [7, 11) is 1.67. The lowest BCUT2D eigenvalue weighted by Crippen LogP contribution is -2.49. The molecule has 0 aliphatic carbocycles. The van der Waals surface area contributed by atoms with Gasteiger partial charge in [-0.2, -0.15) is 0 Å². The molecule has 0 radical (unpaired) electrons. The quantitative estimate of drug-likeness (QED) is 0.659. The number of urea groups is 1. The zero-order valence-corrected chi connectivity index (χ0v) is 18.1. The van der Waals surface area contributed by atoms with Crippen LogP contribution in [0.3, 0.4) is 0 Å². The summed E-state index contributed by atoms with van der Waals surface area (Å²) < 4.78 is 5.22. The first-order valence-electron chi connectivity index (χ1n) is 10.0. The fraction of sp³-hybridized carbons (Fsp3) is 0.304. The summed E-state index contributed by atoms with van der Waals surface area (Å²) in [5, 5.41) is 6.13. The zero-order chi connectivity index (χ0) is 20.9. The number of carbonyl (C=O) groups is 1. The Labute approximate surface area is 181 Å². The maximum atomic E-state index is 12.5. The van der Waals surface area contributed by atoms with E-state index in [0.29, 0.717) is 13.1 Å². The molecule has 1 aliphatic rings. The highest BCUT2D eigenvalue weighted by atomic mass is 32.1. The van der Waals surface area contributed by atoms with Crippen LogP contribution < -0.4 is 10.1 Å². The summed E-state index contributed by atoms with van der Waals surface area (Å²) in [5.41, 5.74) is 4.15. The average molecular weight is 423 g/mol. The summed E-state index contributed by atoms with van der Waals surface area (Å²) in [4.78, 5) is 21.5. The van der Waals surface area contributed by atoms with Crippen molar-refractivity contribution >= 4 is 23.1 Å². The highest BCUT2D eigenvalue weighted by Crippen LogP contribution is 2.26. The first-order valence-corrected chi connectivity index (χ1v) is 10.9. The van der Waals surface area contributed by atoms with E-state index < -0.39 is 0 Å². The number of thiazole rings is 1. The zero-order valence-electron chi connectivity index (χ0n) is 17.3. The van der Waals surface area contributed by atoms with Gasteiger partial charge < -0.3 is 15.0 Å². The van der Waals surface area contributed by atoms with Crippen molar-refractivity contribution in [3.05, 3.63) is 65.2 Å². The van der Waals surface area contributed by atoms with Gasteiger partial charge >= 0.3 is 6.03 Å². The predicted octanol–water partition coefficient (Wildman–Crippen LogP) is 4.48. The number of benzene rings is 2. The van der Waals surface area contributed by atoms with Gasteiger partial charge in [0.2, 0.25) is 0 Å². The number of aryl methyl sites for hydroxylation is 1. The Hall–Kier alpha value is -2.90. The first-order chi connectivity index (χ1) is 14.6. The Bertz CT molecular complexity index is 994. The molecule has 2 aromatic carbocycles. The first kappa shape index (κ1) is 20.4. The van der Waals surface area contributed by atoms with Gasteiger partial charge in [-0.05, 0) is 48.9 Å². The topological polar surface area (TPSA) is 57.7 Å². The SMILES string of the molecule is COc1ccc(-c2nc(CN3CCN(C(=O)Nc4cccc(C)c4)CC3)cs2)cc1. The Kier molecular flexibility index (Phi) is 6.30. The van der Waals surface area contributed by atoms with Crippen molar-refractivity contribution in [3.63, 3.8) is 0 Å². The number of rotatable bonds is 5. The Balaban J connectivity index is 1.28. The summed E-state index contributed by atoms with van der Waals surface area (Å²) in [6.45, 7) is 5.94. The molecule has 0 saturated carbocycles. The number of hydrogen-bond acceptors (Lipinski definition) is 5. The fourth-order valence-corrected chi connectivity index (χ4v) is 4.33. The molecule has 156 valence electrons. The molecule has 30 heavy (non-hydrogen) atoms. The highest BCUT2D eigenvalue weighted by Gasteiger charge is 2.22. The molecular weight excluding hydrogens is 396 g/mol. The molecule has 3 aromatic rings. The summed E-state index contributed by atoms with van der Waals surface area (Å²) in [6, 6.07) is 15.8. The molecule has 1 N–H and O–H groups in total. The van der Waals surface area contributed by atoms with Crippen molar-refractivity contribution in [1.29, 1.82) is 0 Å². The van der Waals surface area contributed by atoms with Crippen LogP contribution in [0.4, 0.5) is 10.5 Å². The minimum atomic E-state index is -0.0318. The predicted molar refractivity (Wildman–Crippen MR) is 121 cm³/mol. The molecule has 1 fully saturated rings. The number of aromatic nitrogens is 1. The van der Waals surface area contributed by atoms with E-state index >= 15 is 0 Å². The molecular formula is C23H26N4O2S. The maximum absolute atomic E-state index is 12.5. The Morgan fingerprint density at radius 3 is 2.60 bits per heavy atom. The smallest absolute Gasteiger partial charge is 0.321 e. The van der Waals surface area contributed by atoms with E-state index in [1.807, 2.05) is 60.4 Å². The third-order valence-corrected chi connectivity index (χ3v) is 6.14. The van der Waals surface area contributed by atoms with Crippen molar-refractivity contribution in [2.24, 2.45) is 0 Å². The molecule has 0 bridgehead atoms. The second kappa shape index (κ2) is 9.28. The molecule has 4 rings (SSSR count). The molecule has 1 saturated heterocycles. The minimum Gasteiger partial charge on any atom is -0.497 e. The number of nitrogens with zero attached hydrogens (tertiary/aromatic N) is 3. The van der Waals surface area contributed by atoms with Crippen LogP contribution in [0.1, 0.15) is 11.3 Å². The second-order valence-electron chi connectivity index (χ2n) is 7.44. The van der Waals surface area contributed by atoms with Crippen LogP contribution in [0.25, 0.3) is 10.6 Å². The lowest BCUT2D eigenvalue weighted by molar-refractivity contribution is 0.142. The van der Waals surface area contributed by atoms with Crippen molar-refractivity contribution in [2.75, 3.05) is 38.6 Å². The number of amides is 2. The highest BCUT2D eigenvalue weighted by molar-refractivity contribution is 7.13. The number of anilines is 1. The Morgan fingerprint density at radius 1 is 1.13 bits per heavy atom. The Morgan fingerprint density at radius 2 is 1.90 bits per heavy atom. The average Bonchev–Trinajstić information content (AvgIpc) is 3.23. The lowest BCUT2D eigenvalue weighted by Gasteiger charge is -2.34. The van der Waals surface area contributed by atoms with Crippen molar-refractivity contribution < 1.29 is 9.53 Å². The number of ether oxygens (including phenoxy) is 1. The molecule has 2 heterocycles. The van der Waals surface area contributed by atoms with Crippen molar-refractivity contribution in [1.82, 2.24) is 14.8 Å². The number of piperazine rings is 1. The molecule has 0 spiro atoms. The van der Waals surface area contributed by atoms with Gasteiger partial charge in [-0.3, -0.25) is 4.90 Å². The number of carbonyl (C=O) groups excluding carboxylic acids is 1. The summed E-state index contributed by atoms with van der Waals surface area (Å²) >= 11 is 1.66. The molecule has 1 aromatic heterocycles. The lowest BCUT2D eigenvalue weighted by atomic mass is 10.2. The third kappa shape index (κ3) is 4.98. The van der Waals surface area contributed by atoms with Gasteiger partial charge in [0.15, 0.2) is 0 Å². The van der Waals surface area contributed by atoms with E-state index in [0.717, 1.165) is 52.9 Å². The van der Waals surface area contributed by atoms with Crippen LogP contribution in [0.15, 0.2) is 53.9 Å². The van der Waals surface area contributed by atoms with Gasteiger partial charge in [0.25, 0.3) is 0 Å². The monoisotopic (exact) mass is 422 g/mol. The van der Waals surface area contributed by atoms with Gasteiger partial charge in [0.1, 0.15) is 10.8 Å². The van der Waals surface area contributed by atoms with Crippen molar-refractivity contribution in [2.45, 2.75) is 13.5 Å². The number of hydrogen-bond donors (Lipinski definition) is 1. The van der Waals surface area contributed by atoms with Gasteiger partial charge in [-0.1, -0.05) is 12.1 Å². The van der Waals surface area contributed by atoms with Crippen LogP contribution in [0.5, 0.6) is 5.75 Å². The molecule has 1 aliphatic heterocycles. The van der Waals surface area contributed by atoms with Gasteiger partial charge in [-0.25, -0.2) is 9.78 Å². The van der Waals surface area contributed by atoms with E-state index in [1.165, 1.54) is 0 Å². The van der Waals surface area contributed by atoms with Crippen LogP contribution in [0.2, 0.25) is 0 Å². The van der Waals surface area contributed by atoms with E-state index in [-0.39, 0.29) is 6.03 Å². The van der Waals surface area contributed by atoms with Gasteiger partial charge in [0, 0.05) is 49.4 Å². The largest absolute Gasteiger partial charge is 0.497 e. The minimum absolute atomic E-state index is 0.0318. The van der Waals surface area contributed by atoms with E-state index in [9.17, 15) is 4.79 Å². The normalized spacial score (nSPS) is 14.5.